The Kier molecular flexibility index (Phi) is 3.74. The zero-order valence-electron chi connectivity index (χ0n) is 12.2. The maximum atomic E-state index is 10.2. The third-order valence-electron chi connectivity index (χ3n) is 3.94. The van der Waals surface area contributed by atoms with Crippen LogP contribution in [0.25, 0.3) is 22.6 Å². The van der Waals surface area contributed by atoms with Gasteiger partial charge in [0.1, 0.15) is 29.5 Å². The summed E-state index contributed by atoms with van der Waals surface area (Å²) in [7, 11) is 0. The van der Waals surface area contributed by atoms with Crippen molar-refractivity contribution >= 4 is 22.8 Å². The minimum Gasteiger partial charge on any atom is -0.463 e. The molecular weight excluding hydrogens is 340 g/mol. The largest absolute Gasteiger partial charge is 0.463 e. The second-order valence-corrected chi connectivity index (χ2v) is 5.71. The topological polar surface area (TPSA) is 127 Å². The van der Waals surface area contributed by atoms with Crippen molar-refractivity contribution in [2.75, 3.05) is 6.61 Å². The first-order valence-corrected chi connectivity index (χ1v) is 7.54. The van der Waals surface area contributed by atoms with Crippen LogP contribution >= 0.6 is 11.6 Å². The summed E-state index contributed by atoms with van der Waals surface area (Å²) in [6.07, 6.45) is -1.43. The minimum atomic E-state index is -1.25. The quantitative estimate of drug-likeness (QED) is 0.576. The zero-order chi connectivity index (χ0) is 16.8. The number of imidazole rings is 1. The van der Waals surface area contributed by atoms with Crippen LogP contribution in [-0.4, -0.2) is 59.8 Å². The molecule has 4 heterocycles. The average molecular weight is 353 g/mol. The van der Waals surface area contributed by atoms with Crippen LogP contribution in [0.3, 0.4) is 0 Å². The standard InChI is InChI=1S/C14H13ClN4O5/c15-14-17-8(6-2-1-3-23-6)9-12(18-14)19(5-16-9)13-11(22)10(21)7(4-20)24-13/h1-3,5,7,10-11,13,20-22H,4H2/t7-,10-,11-,13?/m1/s1. The number of aromatic nitrogens is 4. The Hall–Kier alpha value is -2.04. The number of furan rings is 1. The van der Waals surface area contributed by atoms with Crippen LogP contribution in [0.2, 0.25) is 5.28 Å². The molecule has 3 aromatic rings. The van der Waals surface area contributed by atoms with Gasteiger partial charge in [-0.1, -0.05) is 0 Å². The number of hydrogen-bond donors (Lipinski definition) is 3. The SMILES string of the molecule is OC[C@H]1OC(n2cnc3c(-c4ccco4)nc(Cl)nc32)[C@H](O)[C@@H]1O. The molecule has 3 aromatic heterocycles. The van der Waals surface area contributed by atoms with Crippen molar-refractivity contribution in [2.45, 2.75) is 24.5 Å². The van der Waals surface area contributed by atoms with Crippen LogP contribution < -0.4 is 0 Å². The molecule has 0 bridgehead atoms. The van der Waals surface area contributed by atoms with Crippen LogP contribution in [0, 0.1) is 0 Å². The number of nitrogens with zero attached hydrogens (tertiary/aromatic N) is 4. The molecule has 126 valence electrons. The van der Waals surface area contributed by atoms with E-state index in [4.69, 9.17) is 20.8 Å². The molecule has 9 nitrogen and oxygen atoms in total. The molecule has 24 heavy (non-hydrogen) atoms. The highest BCUT2D eigenvalue weighted by atomic mass is 35.5. The molecule has 1 saturated heterocycles. The molecule has 0 aromatic carbocycles. The molecule has 0 spiro atoms. The number of rotatable bonds is 3. The molecule has 3 N–H and O–H groups in total. The molecular formula is C14H13ClN4O5. The lowest BCUT2D eigenvalue weighted by molar-refractivity contribution is -0.0511. The fourth-order valence-electron chi connectivity index (χ4n) is 2.77. The smallest absolute Gasteiger partial charge is 0.225 e. The fourth-order valence-corrected chi connectivity index (χ4v) is 2.94. The number of fused-ring (bicyclic) bond motifs is 1. The van der Waals surface area contributed by atoms with E-state index in [0.29, 0.717) is 22.6 Å². The van der Waals surface area contributed by atoms with Gasteiger partial charge < -0.3 is 24.5 Å². The van der Waals surface area contributed by atoms with Gasteiger partial charge >= 0.3 is 0 Å². The van der Waals surface area contributed by atoms with E-state index in [2.05, 4.69) is 15.0 Å². The summed E-state index contributed by atoms with van der Waals surface area (Å²) in [6, 6.07) is 3.42. The Morgan fingerprint density at radius 3 is 2.75 bits per heavy atom. The van der Waals surface area contributed by atoms with E-state index < -0.39 is 31.1 Å². The van der Waals surface area contributed by atoms with Gasteiger partial charge in [0, 0.05) is 0 Å². The first-order chi connectivity index (χ1) is 11.6. The monoisotopic (exact) mass is 352 g/mol. The Labute approximate surface area is 140 Å². The third kappa shape index (κ3) is 2.29. The number of ether oxygens (including phenoxy) is 1. The van der Waals surface area contributed by atoms with Gasteiger partial charge in [-0.25, -0.2) is 9.97 Å². The summed E-state index contributed by atoms with van der Waals surface area (Å²) in [5, 5.41) is 29.3. The number of aliphatic hydroxyl groups excluding tert-OH is 3. The molecule has 4 atom stereocenters. The van der Waals surface area contributed by atoms with Gasteiger partial charge in [-0.2, -0.15) is 4.98 Å². The van der Waals surface area contributed by atoms with E-state index in [9.17, 15) is 15.3 Å². The summed E-state index contributed by atoms with van der Waals surface area (Å²) >= 11 is 6.00. The second kappa shape index (κ2) is 5.80. The maximum absolute atomic E-state index is 10.2. The van der Waals surface area contributed by atoms with E-state index in [-0.39, 0.29) is 5.28 Å². The maximum Gasteiger partial charge on any atom is 0.225 e. The summed E-state index contributed by atoms with van der Waals surface area (Å²) in [6.45, 7) is -0.422. The van der Waals surface area contributed by atoms with E-state index in [1.165, 1.54) is 17.2 Å². The highest BCUT2D eigenvalue weighted by molar-refractivity contribution is 6.28. The van der Waals surface area contributed by atoms with E-state index >= 15 is 0 Å². The van der Waals surface area contributed by atoms with Gasteiger partial charge in [0.05, 0.1) is 19.2 Å². The van der Waals surface area contributed by atoms with Crippen LogP contribution in [0.4, 0.5) is 0 Å². The normalized spacial score (nSPS) is 27.2. The van der Waals surface area contributed by atoms with E-state index in [1.807, 2.05) is 0 Å². The van der Waals surface area contributed by atoms with Crippen LogP contribution in [0.5, 0.6) is 0 Å². The summed E-state index contributed by atoms with van der Waals surface area (Å²) in [5.41, 5.74) is 1.13. The Morgan fingerprint density at radius 1 is 1.25 bits per heavy atom. The third-order valence-corrected chi connectivity index (χ3v) is 4.11. The van der Waals surface area contributed by atoms with Crippen molar-refractivity contribution in [3.05, 3.63) is 30.0 Å². The van der Waals surface area contributed by atoms with Crippen molar-refractivity contribution in [2.24, 2.45) is 0 Å². The van der Waals surface area contributed by atoms with Gasteiger partial charge in [0.15, 0.2) is 17.6 Å². The first-order valence-electron chi connectivity index (χ1n) is 7.16. The van der Waals surface area contributed by atoms with Gasteiger partial charge in [-0.15, -0.1) is 0 Å². The lowest BCUT2D eigenvalue weighted by Crippen LogP contribution is -2.33. The van der Waals surface area contributed by atoms with Crippen molar-refractivity contribution in [3.8, 4) is 11.5 Å². The second-order valence-electron chi connectivity index (χ2n) is 5.37. The molecule has 10 heteroatoms. The van der Waals surface area contributed by atoms with Crippen molar-refractivity contribution < 1.29 is 24.5 Å². The fraction of sp³-hybridized carbons (Fsp3) is 0.357. The van der Waals surface area contributed by atoms with Crippen molar-refractivity contribution in [1.82, 2.24) is 19.5 Å². The number of hydrogen-bond acceptors (Lipinski definition) is 8. The molecule has 0 radical (unpaired) electrons. The van der Waals surface area contributed by atoms with Crippen molar-refractivity contribution in [1.29, 1.82) is 0 Å². The number of halogens is 1. The van der Waals surface area contributed by atoms with Crippen LogP contribution in [0.1, 0.15) is 6.23 Å². The first kappa shape index (κ1) is 15.5. The summed E-state index contributed by atoms with van der Waals surface area (Å²) in [4.78, 5) is 12.5. The Bertz CT molecular complexity index is 868. The molecule has 1 unspecified atom stereocenters. The zero-order valence-corrected chi connectivity index (χ0v) is 12.9. The van der Waals surface area contributed by atoms with Gasteiger partial charge in [0.25, 0.3) is 0 Å². The lowest BCUT2D eigenvalue weighted by Gasteiger charge is -2.16. The Balaban J connectivity index is 1.84. The highest BCUT2D eigenvalue weighted by Crippen LogP contribution is 2.33. The van der Waals surface area contributed by atoms with E-state index in [0.717, 1.165) is 0 Å². The molecule has 1 aliphatic rings. The predicted molar refractivity (Wildman–Crippen MR) is 81.0 cm³/mol. The summed E-state index contributed by atoms with van der Waals surface area (Å²) in [5.74, 6) is 0.468. The predicted octanol–water partition coefficient (Wildman–Crippen LogP) is 0.351. The summed E-state index contributed by atoms with van der Waals surface area (Å²) < 4.78 is 12.3. The molecule has 1 aliphatic heterocycles. The van der Waals surface area contributed by atoms with Crippen LogP contribution in [0.15, 0.2) is 29.1 Å². The highest BCUT2D eigenvalue weighted by Gasteiger charge is 2.44. The van der Waals surface area contributed by atoms with Gasteiger partial charge in [-0.3, -0.25) is 4.57 Å². The van der Waals surface area contributed by atoms with Gasteiger partial charge in [0.2, 0.25) is 5.28 Å². The van der Waals surface area contributed by atoms with E-state index in [1.54, 1.807) is 12.1 Å². The Morgan fingerprint density at radius 2 is 2.08 bits per heavy atom. The molecule has 4 rings (SSSR count). The number of aliphatic hydroxyl groups is 3. The van der Waals surface area contributed by atoms with Gasteiger partial charge in [-0.05, 0) is 23.7 Å². The van der Waals surface area contributed by atoms with Crippen molar-refractivity contribution in [3.63, 3.8) is 0 Å². The average Bonchev–Trinajstić information content (AvgIpc) is 3.28. The molecule has 0 saturated carbocycles. The van der Waals surface area contributed by atoms with Crippen LogP contribution in [-0.2, 0) is 4.74 Å². The lowest BCUT2D eigenvalue weighted by atomic mass is 10.1. The molecule has 1 fully saturated rings. The minimum absolute atomic E-state index is 0.0256. The molecule has 0 amide bonds. The molecule has 0 aliphatic carbocycles.